The molecule has 0 bridgehead atoms. The van der Waals surface area contributed by atoms with Crippen molar-refractivity contribution in [1.82, 2.24) is 4.72 Å². The van der Waals surface area contributed by atoms with Crippen molar-refractivity contribution in [3.63, 3.8) is 0 Å². The van der Waals surface area contributed by atoms with Gasteiger partial charge in [-0.15, -0.1) is 0 Å². The molecule has 5 nitrogen and oxygen atoms in total. The van der Waals surface area contributed by atoms with Crippen LogP contribution in [-0.4, -0.2) is 27.5 Å². The van der Waals surface area contributed by atoms with E-state index in [4.69, 9.17) is 0 Å². The summed E-state index contributed by atoms with van der Waals surface area (Å²) in [6, 6.07) is 4.40. The third kappa shape index (κ3) is 3.80. The van der Waals surface area contributed by atoms with E-state index in [9.17, 15) is 13.2 Å². The highest BCUT2D eigenvalue weighted by Gasteiger charge is 2.21. The second-order valence-corrected chi connectivity index (χ2v) is 6.29. The molecule has 1 rings (SSSR count). The molecule has 20 heavy (non-hydrogen) atoms. The molecule has 0 aromatic heterocycles. The van der Waals surface area contributed by atoms with Crippen LogP contribution >= 0.6 is 0 Å². The van der Waals surface area contributed by atoms with E-state index >= 15 is 0 Å². The van der Waals surface area contributed by atoms with Crippen LogP contribution in [0.25, 0.3) is 0 Å². The number of rotatable bonds is 6. The lowest BCUT2D eigenvalue weighted by Crippen LogP contribution is -2.34. The molecule has 0 fully saturated rings. The van der Waals surface area contributed by atoms with Crippen LogP contribution < -0.4 is 4.72 Å². The third-order valence-electron chi connectivity index (χ3n) is 3.21. The first-order valence-corrected chi connectivity index (χ1v) is 8.05. The summed E-state index contributed by atoms with van der Waals surface area (Å²) in [5, 5.41) is 0. The Morgan fingerprint density at radius 2 is 1.90 bits per heavy atom. The molecule has 6 heteroatoms. The molecule has 0 spiro atoms. The SMILES string of the molecule is CCC(CC)NS(=O)(=O)c1cc(C(=O)OC)ccc1C. The number of benzene rings is 1. The van der Waals surface area contributed by atoms with Crippen LogP contribution in [0.4, 0.5) is 0 Å². The number of carbonyl (C=O) groups is 1. The molecule has 0 heterocycles. The summed E-state index contributed by atoms with van der Waals surface area (Å²) in [7, 11) is -2.37. The van der Waals surface area contributed by atoms with Crippen LogP contribution in [0.2, 0.25) is 0 Å². The van der Waals surface area contributed by atoms with Gasteiger partial charge in [-0.25, -0.2) is 17.9 Å². The Balaban J connectivity index is 3.20. The highest BCUT2D eigenvalue weighted by molar-refractivity contribution is 7.89. The molecule has 0 unspecified atom stereocenters. The van der Waals surface area contributed by atoms with Crippen LogP contribution in [0.1, 0.15) is 42.6 Å². The molecule has 0 saturated heterocycles. The van der Waals surface area contributed by atoms with Crippen LogP contribution in [0.15, 0.2) is 23.1 Å². The van der Waals surface area contributed by atoms with E-state index in [1.54, 1.807) is 19.1 Å². The van der Waals surface area contributed by atoms with Gasteiger partial charge in [0.15, 0.2) is 0 Å². The smallest absolute Gasteiger partial charge is 0.337 e. The number of ether oxygens (including phenoxy) is 1. The second-order valence-electron chi connectivity index (χ2n) is 4.61. The van der Waals surface area contributed by atoms with E-state index in [-0.39, 0.29) is 16.5 Å². The summed E-state index contributed by atoms with van der Waals surface area (Å²) in [4.78, 5) is 11.6. The Morgan fingerprint density at radius 1 is 1.30 bits per heavy atom. The van der Waals surface area contributed by atoms with Crippen LogP contribution in [0.5, 0.6) is 0 Å². The molecular weight excluding hydrogens is 278 g/mol. The average Bonchev–Trinajstić information content (AvgIpc) is 2.44. The van der Waals surface area contributed by atoms with Crippen LogP contribution in [0.3, 0.4) is 0 Å². The molecule has 112 valence electrons. The minimum Gasteiger partial charge on any atom is -0.465 e. The van der Waals surface area contributed by atoms with Gasteiger partial charge in [0.25, 0.3) is 0 Å². The maximum Gasteiger partial charge on any atom is 0.337 e. The fraction of sp³-hybridized carbons (Fsp3) is 0.500. The maximum atomic E-state index is 12.4. The number of esters is 1. The van der Waals surface area contributed by atoms with E-state index in [1.807, 2.05) is 13.8 Å². The van der Waals surface area contributed by atoms with Crippen molar-refractivity contribution in [2.75, 3.05) is 7.11 Å². The Labute approximate surface area is 120 Å². The number of hydrogen-bond acceptors (Lipinski definition) is 4. The highest BCUT2D eigenvalue weighted by atomic mass is 32.2. The van der Waals surface area contributed by atoms with Crippen molar-refractivity contribution in [2.45, 2.75) is 44.6 Å². The van der Waals surface area contributed by atoms with Gasteiger partial charge in [-0.2, -0.15) is 0 Å². The van der Waals surface area contributed by atoms with Crippen LogP contribution in [0, 0.1) is 6.92 Å². The monoisotopic (exact) mass is 299 g/mol. The molecule has 0 amide bonds. The lowest BCUT2D eigenvalue weighted by Gasteiger charge is -2.16. The number of methoxy groups -OCH3 is 1. The van der Waals surface area contributed by atoms with E-state index < -0.39 is 16.0 Å². The van der Waals surface area contributed by atoms with Gasteiger partial charge in [0.2, 0.25) is 10.0 Å². The fourth-order valence-electron chi connectivity index (χ4n) is 1.87. The Bertz CT molecular complexity index is 577. The van der Waals surface area contributed by atoms with Gasteiger partial charge in [0, 0.05) is 6.04 Å². The third-order valence-corrected chi connectivity index (χ3v) is 4.87. The molecule has 0 atom stereocenters. The minimum absolute atomic E-state index is 0.110. The summed E-state index contributed by atoms with van der Waals surface area (Å²) < 4.78 is 32.0. The zero-order valence-electron chi connectivity index (χ0n) is 12.3. The fourth-order valence-corrected chi connectivity index (χ4v) is 3.55. The van der Waals surface area contributed by atoms with E-state index in [1.165, 1.54) is 13.2 Å². The maximum absolute atomic E-state index is 12.4. The first-order valence-electron chi connectivity index (χ1n) is 6.57. The number of hydrogen-bond donors (Lipinski definition) is 1. The molecular formula is C14H21NO4S. The topological polar surface area (TPSA) is 72.5 Å². The van der Waals surface area contributed by atoms with Crippen molar-refractivity contribution in [2.24, 2.45) is 0 Å². The van der Waals surface area contributed by atoms with Gasteiger partial charge < -0.3 is 4.74 Å². The van der Waals surface area contributed by atoms with Crippen molar-refractivity contribution in [3.8, 4) is 0 Å². The quantitative estimate of drug-likeness (QED) is 0.818. The Kier molecular flexibility index (Phi) is 5.71. The summed E-state index contributed by atoms with van der Waals surface area (Å²) >= 11 is 0. The molecule has 0 aliphatic rings. The Morgan fingerprint density at radius 3 is 2.40 bits per heavy atom. The summed E-state index contributed by atoms with van der Waals surface area (Å²) in [6.45, 7) is 5.55. The van der Waals surface area contributed by atoms with Crippen molar-refractivity contribution < 1.29 is 17.9 Å². The van der Waals surface area contributed by atoms with Gasteiger partial charge in [-0.3, -0.25) is 0 Å². The average molecular weight is 299 g/mol. The zero-order chi connectivity index (χ0) is 15.3. The predicted octanol–water partition coefficient (Wildman–Crippen LogP) is 2.25. The molecule has 0 aliphatic heterocycles. The molecule has 1 aromatic rings. The standard InChI is InChI=1S/C14H21NO4S/c1-5-12(6-2)15-20(17,18)13-9-11(14(16)19-4)8-7-10(13)3/h7-9,12,15H,5-6H2,1-4H3. The summed E-state index contributed by atoms with van der Waals surface area (Å²) in [5.41, 5.74) is 0.819. The van der Waals surface area contributed by atoms with Gasteiger partial charge in [0.1, 0.15) is 0 Å². The number of aryl methyl sites for hydroxylation is 1. The van der Waals surface area contributed by atoms with Crippen molar-refractivity contribution in [1.29, 1.82) is 0 Å². The second kappa shape index (κ2) is 6.85. The molecule has 0 saturated carbocycles. The van der Waals surface area contributed by atoms with Gasteiger partial charge >= 0.3 is 5.97 Å². The minimum atomic E-state index is -3.64. The lowest BCUT2D eigenvalue weighted by molar-refractivity contribution is 0.0600. The molecule has 0 radical (unpaired) electrons. The zero-order valence-corrected chi connectivity index (χ0v) is 13.1. The first-order chi connectivity index (χ1) is 9.35. The number of carbonyl (C=O) groups excluding carboxylic acids is 1. The summed E-state index contributed by atoms with van der Waals surface area (Å²) in [6.07, 6.45) is 1.43. The van der Waals surface area contributed by atoms with Gasteiger partial charge in [-0.05, 0) is 37.5 Å². The largest absolute Gasteiger partial charge is 0.465 e. The normalized spacial score (nSPS) is 11.7. The summed E-state index contributed by atoms with van der Waals surface area (Å²) in [5.74, 6) is -0.552. The van der Waals surface area contributed by atoms with Gasteiger partial charge in [-0.1, -0.05) is 19.9 Å². The van der Waals surface area contributed by atoms with E-state index in [0.29, 0.717) is 18.4 Å². The predicted molar refractivity (Wildman–Crippen MR) is 77.2 cm³/mol. The molecule has 1 aromatic carbocycles. The first kappa shape index (κ1) is 16.7. The molecule has 1 N–H and O–H groups in total. The van der Waals surface area contributed by atoms with Gasteiger partial charge in [0.05, 0.1) is 17.6 Å². The Hall–Kier alpha value is -1.40. The number of sulfonamides is 1. The van der Waals surface area contributed by atoms with Crippen molar-refractivity contribution in [3.05, 3.63) is 29.3 Å². The van der Waals surface area contributed by atoms with Crippen LogP contribution in [-0.2, 0) is 14.8 Å². The van der Waals surface area contributed by atoms with Crippen molar-refractivity contribution >= 4 is 16.0 Å². The van der Waals surface area contributed by atoms with E-state index in [2.05, 4.69) is 9.46 Å². The van der Waals surface area contributed by atoms with E-state index in [0.717, 1.165) is 0 Å². The number of nitrogens with one attached hydrogen (secondary N) is 1. The lowest BCUT2D eigenvalue weighted by atomic mass is 10.1. The molecule has 0 aliphatic carbocycles. The highest BCUT2D eigenvalue weighted by Crippen LogP contribution is 2.18.